The summed E-state index contributed by atoms with van der Waals surface area (Å²) in [4.78, 5) is 19.2. The Balaban J connectivity index is 0.00000341. The number of carbonyl (C=O) groups excluding carboxylic acids is 1. The molecule has 2 aliphatic rings. The van der Waals surface area contributed by atoms with Gasteiger partial charge in [-0.1, -0.05) is 31.0 Å². The summed E-state index contributed by atoms with van der Waals surface area (Å²) in [6.07, 6.45) is 5.24. The van der Waals surface area contributed by atoms with Gasteiger partial charge in [-0.25, -0.2) is 12.7 Å². The Morgan fingerprint density at radius 3 is 2.52 bits per heavy atom. The van der Waals surface area contributed by atoms with E-state index in [9.17, 15) is 13.2 Å². The Kier molecular flexibility index (Phi) is 9.56. The SMILES string of the molecule is CN=C(NCc1ccccc1S(=O)(=O)N(C)C)NC1CCN(C(=O)C2CCCC2)C1.I. The first-order chi connectivity index (χ1) is 14.3. The smallest absolute Gasteiger partial charge is 0.242 e. The van der Waals surface area contributed by atoms with Gasteiger partial charge in [0.25, 0.3) is 0 Å². The highest BCUT2D eigenvalue weighted by molar-refractivity contribution is 14.0. The number of carbonyl (C=O) groups is 1. The Labute approximate surface area is 202 Å². The van der Waals surface area contributed by atoms with Crippen molar-refractivity contribution >= 4 is 45.9 Å². The zero-order valence-corrected chi connectivity index (χ0v) is 21.7. The van der Waals surface area contributed by atoms with Crippen molar-refractivity contribution in [2.24, 2.45) is 10.9 Å². The minimum atomic E-state index is -3.52. The second-order valence-electron chi connectivity index (χ2n) is 8.22. The van der Waals surface area contributed by atoms with Crippen LogP contribution in [0.3, 0.4) is 0 Å². The number of benzene rings is 1. The predicted octanol–water partition coefficient (Wildman–Crippen LogP) is 2.01. The molecule has 1 heterocycles. The van der Waals surface area contributed by atoms with Crippen molar-refractivity contribution in [1.29, 1.82) is 0 Å². The molecule has 3 rings (SSSR count). The highest BCUT2D eigenvalue weighted by Gasteiger charge is 2.32. The molecule has 174 valence electrons. The molecule has 1 unspecified atom stereocenters. The molecule has 1 aromatic carbocycles. The minimum absolute atomic E-state index is 0. The standard InChI is InChI=1S/C21H33N5O3S.HI/c1-22-21(23-14-17-10-6-7-11-19(17)30(28,29)25(2)3)24-18-12-13-26(15-18)20(27)16-8-4-5-9-16;/h6-7,10-11,16,18H,4-5,8-9,12-15H2,1-3H3,(H2,22,23,24);1H. The van der Waals surface area contributed by atoms with Crippen LogP contribution < -0.4 is 10.6 Å². The molecule has 10 heteroatoms. The first-order valence-electron chi connectivity index (χ1n) is 10.6. The van der Waals surface area contributed by atoms with E-state index >= 15 is 0 Å². The number of sulfonamides is 1. The summed E-state index contributed by atoms with van der Waals surface area (Å²) >= 11 is 0. The van der Waals surface area contributed by atoms with E-state index in [1.54, 1.807) is 25.2 Å². The van der Waals surface area contributed by atoms with E-state index in [1.165, 1.54) is 18.4 Å². The lowest BCUT2D eigenvalue weighted by molar-refractivity contribution is -0.134. The van der Waals surface area contributed by atoms with Gasteiger partial charge in [-0.05, 0) is 30.9 Å². The zero-order valence-electron chi connectivity index (χ0n) is 18.5. The lowest BCUT2D eigenvalue weighted by Crippen LogP contribution is -2.45. The number of halogens is 1. The minimum Gasteiger partial charge on any atom is -0.352 e. The topological polar surface area (TPSA) is 94.1 Å². The van der Waals surface area contributed by atoms with Crippen LogP contribution in [0.25, 0.3) is 0 Å². The fraction of sp³-hybridized carbons (Fsp3) is 0.619. The molecule has 1 aliphatic heterocycles. The fourth-order valence-corrected chi connectivity index (χ4v) is 5.29. The third-order valence-electron chi connectivity index (χ3n) is 5.95. The van der Waals surface area contributed by atoms with Crippen LogP contribution in [0.2, 0.25) is 0 Å². The van der Waals surface area contributed by atoms with E-state index in [0.29, 0.717) is 30.5 Å². The molecule has 0 radical (unpaired) electrons. The van der Waals surface area contributed by atoms with Crippen LogP contribution in [0.15, 0.2) is 34.2 Å². The van der Waals surface area contributed by atoms with Gasteiger partial charge in [0.05, 0.1) is 4.90 Å². The highest BCUT2D eigenvalue weighted by Crippen LogP contribution is 2.27. The zero-order chi connectivity index (χ0) is 21.7. The number of hydrogen-bond donors (Lipinski definition) is 2. The molecule has 1 saturated heterocycles. The average molecular weight is 564 g/mol. The molecule has 0 spiro atoms. The van der Waals surface area contributed by atoms with Crippen molar-refractivity contribution in [2.75, 3.05) is 34.2 Å². The normalized spacial score (nSPS) is 20.1. The summed E-state index contributed by atoms with van der Waals surface area (Å²) in [6, 6.07) is 7.11. The third-order valence-corrected chi connectivity index (χ3v) is 7.86. The van der Waals surface area contributed by atoms with Crippen LogP contribution in [0.5, 0.6) is 0 Å². The predicted molar refractivity (Wildman–Crippen MR) is 133 cm³/mol. The van der Waals surface area contributed by atoms with Crippen molar-refractivity contribution < 1.29 is 13.2 Å². The number of nitrogens with zero attached hydrogens (tertiary/aromatic N) is 3. The van der Waals surface area contributed by atoms with Crippen molar-refractivity contribution in [3.8, 4) is 0 Å². The number of aliphatic imine (C=N–C) groups is 1. The van der Waals surface area contributed by atoms with Crippen LogP contribution in [-0.2, 0) is 21.4 Å². The molecule has 8 nitrogen and oxygen atoms in total. The van der Waals surface area contributed by atoms with Gasteiger partial charge in [0.15, 0.2) is 5.96 Å². The monoisotopic (exact) mass is 563 g/mol. The Bertz CT molecular complexity index is 885. The number of rotatable bonds is 6. The summed E-state index contributed by atoms with van der Waals surface area (Å²) in [6.45, 7) is 1.79. The van der Waals surface area contributed by atoms with Crippen molar-refractivity contribution in [3.63, 3.8) is 0 Å². The van der Waals surface area contributed by atoms with Gasteiger partial charge >= 0.3 is 0 Å². The molecule has 0 aromatic heterocycles. The number of guanidine groups is 1. The highest BCUT2D eigenvalue weighted by atomic mass is 127. The summed E-state index contributed by atoms with van der Waals surface area (Å²) in [5, 5.41) is 6.59. The quantitative estimate of drug-likeness (QED) is 0.314. The van der Waals surface area contributed by atoms with Gasteiger partial charge in [-0.2, -0.15) is 0 Å². The Hall–Kier alpha value is -1.40. The van der Waals surface area contributed by atoms with E-state index in [0.717, 1.165) is 38.6 Å². The van der Waals surface area contributed by atoms with Gasteiger partial charge in [0.2, 0.25) is 15.9 Å². The number of likely N-dealkylation sites (tertiary alicyclic amines) is 1. The van der Waals surface area contributed by atoms with Crippen molar-refractivity contribution in [3.05, 3.63) is 29.8 Å². The second kappa shape index (κ2) is 11.5. The first-order valence-corrected chi connectivity index (χ1v) is 12.0. The summed E-state index contributed by atoms with van der Waals surface area (Å²) < 4.78 is 26.4. The van der Waals surface area contributed by atoms with Gasteiger partial charge in [0.1, 0.15) is 0 Å². The summed E-state index contributed by atoms with van der Waals surface area (Å²) in [7, 11) is 1.22. The van der Waals surface area contributed by atoms with Gasteiger partial charge < -0.3 is 15.5 Å². The van der Waals surface area contributed by atoms with Crippen molar-refractivity contribution in [2.45, 2.75) is 49.6 Å². The van der Waals surface area contributed by atoms with Gasteiger partial charge in [-0.3, -0.25) is 9.79 Å². The number of amides is 1. The molecular weight excluding hydrogens is 529 g/mol. The Morgan fingerprint density at radius 2 is 1.87 bits per heavy atom. The van der Waals surface area contributed by atoms with Crippen LogP contribution in [0, 0.1) is 5.92 Å². The lowest BCUT2D eigenvalue weighted by Gasteiger charge is -2.22. The van der Waals surface area contributed by atoms with Crippen molar-refractivity contribution in [1.82, 2.24) is 19.8 Å². The van der Waals surface area contributed by atoms with Crippen LogP contribution in [0.1, 0.15) is 37.7 Å². The molecule has 1 amide bonds. The van der Waals surface area contributed by atoms with Gasteiger partial charge in [0, 0.05) is 52.7 Å². The molecule has 2 fully saturated rings. The van der Waals surface area contributed by atoms with E-state index in [2.05, 4.69) is 15.6 Å². The number of hydrogen-bond acceptors (Lipinski definition) is 4. The average Bonchev–Trinajstić information content (AvgIpc) is 3.43. The molecule has 0 bridgehead atoms. The second-order valence-corrected chi connectivity index (χ2v) is 10.3. The van der Waals surface area contributed by atoms with E-state index < -0.39 is 10.0 Å². The molecule has 1 aliphatic carbocycles. The largest absolute Gasteiger partial charge is 0.352 e. The van der Waals surface area contributed by atoms with E-state index in [1.807, 2.05) is 11.0 Å². The van der Waals surface area contributed by atoms with E-state index in [-0.39, 0.29) is 40.8 Å². The molecule has 1 aromatic rings. The maximum Gasteiger partial charge on any atom is 0.242 e. The lowest BCUT2D eigenvalue weighted by atomic mass is 10.1. The van der Waals surface area contributed by atoms with Gasteiger partial charge in [-0.15, -0.1) is 24.0 Å². The Morgan fingerprint density at radius 1 is 1.19 bits per heavy atom. The third kappa shape index (κ3) is 6.32. The van der Waals surface area contributed by atoms with Crippen LogP contribution in [-0.4, -0.2) is 69.8 Å². The van der Waals surface area contributed by atoms with Crippen LogP contribution >= 0.6 is 24.0 Å². The maximum atomic E-state index is 12.6. The molecule has 1 atom stereocenters. The summed E-state index contributed by atoms with van der Waals surface area (Å²) in [5.41, 5.74) is 0.679. The fourth-order valence-electron chi connectivity index (χ4n) is 4.17. The molecule has 2 N–H and O–H groups in total. The molecular formula is C21H34IN5O3S. The molecule has 1 saturated carbocycles. The van der Waals surface area contributed by atoms with E-state index in [4.69, 9.17) is 0 Å². The number of nitrogens with one attached hydrogen (secondary N) is 2. The summed E-state index contributed by atoms with van der Waals surface area (Å²) in [5.74, 6) is 1.10. The molecule has 31 heavy (non-hydrogen) atoms. The maximum absolute atomic E-state index is 12.6. The van der Waals surface area contributed by atoms with Crippen LogP contribution in [0.4, 0.5) is 0 Å². The first kappa shape index (κ1) is 25.9.